The van der Waals surface area contributed by atoms with Crippen LogP contribution in [-0.2, 0) is 21.1 Å². The fourth-order valence-corrected chi connectivity index (χ4v) is 5.64. The smallest absolute Gasteiger partial charge is 0.227 e. The van der Waals surface area contributed by atoms with Gasteiger partial charge in [0.05, 0.1) is 17.9 Å². The fourth-order valence-electron chi connectivity index (χ4n) is 3.90. The minimum absolute atomic E-state index is 0.0173. The Kier molecular flexibility index (Phi) is 5.91. The van der Waals surface area contributed by atoms with Crippen LogP contribution in [-0.4, -0.2) is 73.8 Å². The molecule has 1 fully saturated rings. The lowest BCUT2D eigenvalue weighted by molar-refractivity contribution is -0.132. The first-order valence-corrected chi connectivity index (χ1v) is 11.3. The Morgan fingerprint density at radius 3 is 2.63 bits per heavy atom. The lowest BCUT2D eigenvalue weighted by Gasteiger charge is -2.29. The average molecular weight is 392 g/mol. The molecule has 1 aromatic carbocycles. The molecule has 7 heteroatoms. The maximum absolute atomic E-state index is 13.2. The summed E-state index contributed by atoms with van der Waals surface area (Å²) in [6, 6.07) is 7.78. The predicted molar refractivity (Wildman–Crippen MR) is 109 cm³/mol. The molecule has 1 saturated heterocycles. The van der Waals surface area contributed by atoms with Crippen molar-refractivity contribution < 1.29 is 13.2 Å². The van der Waals surface area contributed by atoms with Crippen LogP contribution in [0.25, 0.3) is 10.9 Å². The van der Waals surface area contributed by atoms with Gasteiger partial charge < -0.3 is 14.8 Å². The third kappa shape index (κ3) is 4.71. The van der Waals surface area contributed by atoms with E-state index in [0.29, 0.717) is 19.4 Å². The minimum Gasteiger partial charge on any atom is -0.358 e. The van der Waals surface area contributed by atoms with Crippen molar-refractivity contribution in [2.24, 2.45) is 0 Å². The van der Waals surface area contributed by atoms with Gasteiger partial charge in [-0.15, -0.1) is 0 Å². The normalized spacial score (nSPS) is 19.0. The number of aromatic amines is 1. The first-order valence-electron chi connectivity index (χ1n) is 9.47. The second-order valence-corrected chi connectivity index (χ2v) is 9.98. The molecule has 0 spiro atoms. The number of sulfone groups is 1. The summed E-state index contributed by atoms with van der Waals surface area (Å²) in [6.07, 6.45) is 1.68. The number of nitrogens with zero attached hydrogens (tertiary/aromatic N) is 2. The third-order valence-electron chi connectivity index (χ3n) is 5.33. The zero-order chi connectivity index (χ0) is 19.6. The maximum Gasteiger partial charge on any atom is 0.227 e. The van der Waals surface area contributed by atoms with Gasteiger partial charge in [-0.1, -0.05) is 18.2 Å². The van der Waals surface area contributed by atoms with Crippen LogP contribution < -0.4 is 0 Å². The van der Waals surface area contributed by atoms with Crippen molar-refractivity contribution in [1.29, 1.82) is 0 Å². The Hall–Kier alpha value is -1.86. The highest BCUT2D eigenvalue weighted by atomic mass is 32.2. The number of fused-ring (bicyclic) bond motifs is 1. The molecule has 1 aliphatic heterocycles. The van der Waals surface area contributed by atoms with Gasteiger partial charge >= 0.3 is 0 Å². The second-order valence-electron chi connectivity index (χ2n) is 7.75. The van der Waals surface area contributed by atoms with Gasteiger partial charge in [0.2, 0.25) is 5.91 Å². The number of benzene rings is 1. The van der Waals surface area contributed by atoms with Crippen LogP contribution in [0, 0.1) is 6.92 Å². The molecule has 1 amide bonds. The minimum atomic E-state index is -3.03. The van der Waals surface area contributed by atoms with Crippen molar-refractivity contribution in [3.63, 3.8) is 0 Å². The lowest BCUT2D eigenvalue weighted by Crippen LogP contribution is -2.43. The van der Waals surface area contributed by atoms with Crippen molar-refractivity contribution in [2.75, 3.05) is 38.7 Å². The van der Waals surface area contributed by atoms with Crippen LogP contribution in [0.1, 0.15) is 24.1 Å². The molecule has 1 unspecified atom stereocenters. The van der Waals surface area contributed by atoms with Gasteiger partial charge in [-0.25, -0.2) is 8.42 Å². The van der Waals surface area contributed by atoms with E-state index in [-0.39, 0.29) is 23.5 Å². The molecule has 6 nitrogen and oxygen atoms in total. The molecular weight excluding hydrogens is 362 g/mol. The predicted octanol–water partition coefficient (Wildman–Crippen LogP) is 1.99. The van der Waals surface area contributed by atoms with Crippen LogP contribution in [0.3, 0.4) is 0 Å². The molecule has 148 valence electrons. The number of hydrogen-bond acceptors (Lipinski definition) is 4. The highest BCUT2D eigenvalue weighted by molar-refractivity contribution is 7.91. The van der Waals surface area contributed by atoms with Crippen LogP contribution in [0.5, 0.6) is 0 Å². The number of amides is 1. The largest absolute Gasteiger partial charge is 0.358 e. The van der Waals surface area contributed by atoms with Crippen molar-refractivity contribution in [3.8, 4) is 0 Å². The van der Waals surface area contributed by atoms with Gasteiger partial charge in [0, 0.05) is 29.2 Å². The number of carbonyl (C=O) groups excluding carboxylic acids is 1. The zero-order valence-corrected chi connectivity index (χ0v) is 17.2. The highest BCUT2D eigenvalue weighted by Crippen LogP contribution is 2.25. The molecule has 1 aromatic heterocycles. The Balaban J connectivity index is 1.80. The molecule has 3 rings (SSSR count). The molecule has 1 aliphatic rings. The van der Waals surface area contributed by atoms with Crippen molar-refractivity contribution >= 4 is 26.6 Å². The summed E-state index contributed by atoms with van der Waals surface area (Å²) in [5.74, 6) is 0.290. The van der Waals surface area contributed by atoms with E-state index >= 15 is 0 Å². The van der Waals surface area contributed by atoms with E-state index in [1.807, 2.05) is 50.2 Å². The number of hydrogen-bond donors (Lipinski definition) is 1. The molecule has 27 heavy (non-hydrogen) atoms. The van der Waals surface area contributed by atoms with Crippen molar-refractivity contribution in [2.45, 2.75) is 32.2 Å². The lowest BCUT2D eigenvalue weighted by atomic mass is 10.1. The Labute approximate surface area is 161 Å². The second kappa shape index (κ2) is 8.02. The Bertz CT molecular complexity index is 918. The standard InChI is InChI=1S/C20H29N3O3S/c1-15-18(17-7-4-5-8-19(17)21-15)13-20(24)23(11-6-10-22(2)3)16-9-12-27(25,26)14-16/h4-5,7-8,16,21H,6,9-14H2,1-3H3. The number of rotatable bonds is 7. The summed E-state index contributed by atoms with van der Waals surface area (Å²) in [5.41, 5.74) is 3.03. The van der Waals surface area contributed by atoms with Gasteiger partial charge in [-0.2, -0.15) is 0 Å². The van der Waals surface area contributed by atoms with Crippen LogP contribution in [0.15, 0.2) is 24.3 Å². The van der Waals surface area contributed by atoms with E-state index in [4.69, 9.17) is 0 Å². The quantitative estimate of drug-likeness (QED) is 0.783. The molecule has 1 N–H and O–H groups in total. The molecule has 0 aliphatic carbocycles. The van der Waals surface area contributed by atoms with Crippen molar-refractivity contribution in [3.05, 3.63) is 35.5 Å². The SMILES string of the molecule is Cc1[nH]c2ccccc2c1CC(=O)N(CCCN(C)C)C1CCS(=O)(=O)C1. The summed E-state index contributed by atoms with van der Waals surface area (Å²) in [4.78, 5) is 20.4. The van der Waals surface area contributed by atoms with Gasteiger partial charge in [-0.3, -0.25) is 4.79 Å². The summed E-state index contributed by atoms with van der Waals surface area (Å²) in [5, 5.41) is 1.07. The molecule has 0 saturated carbocycles. The van der Waals surface area contributed by atoms with Crippen molar-refractivity contribution in [1.82, 2.24) is 14.8 Å². The third-order valence-corrected chi connectivity index (χ3v) is 7.08. The van der Waals surface area contributed by atoms with E-state index in [0.717, 1.165) is 35.1 Å². The van der Waals surface area contributed by atoms with E-state index in [2.05, 4.69) is 9.88 Å². The number of aryl methyl sites for hydroxylation is 1. The van der Waals surface area contributed by atoms with E-state index < -0.39 is 9.84 Å². The molecule has 0 bridgehead atoms. The van der Waals surface area contributed by atoms with Crippen LogP contribution in [0.4, 0.5) is 0 Å². The van der Waals surface area contributed by atoms with Gasteiger partial charge in [0.1, 0.15) is 0 Å². The first-order chi connectivity index (χ1) is 12.8. The molecular formula is C20H29N3O3S. The molecule has 0 radical (unpaired) electrons. The van der Waals surface area contributed by atoms with Gasteiger partial charge in [-0.05, 0) is 52.0 Å². The van der Waals surface area contributed by atoms with E-state index in [9.17, 15) is 13.2 Å². The summed E-state index contributed by atoms with van der Waals surface area (Å²) >= 11 is 0. The summed E-state index contributed by atoms with van der Waals surface area (Å²) in [7, 11) is 0.972. The summed E-state index contributed by atoms with van der Waals surface area (Å²) in [6.45, 7) is 3.45. The number of aromatic nitrogens is 1. The fraction of sp³-hybridized carbons (Fsp3) is 0.550. The maximum atomic E-state index is 13.2. The Morgan fingerprint density at radius 2 is 1.96 bits per heavy atom. The number of H-pyrrole nitrogens is 1. The van der Waals surface area contributed by atoms with Gasteiger partial charge in [0.25, 0.3) is 0 Å². The molecule has 1 atom stereocenters. The zero-order valence-electron chi connectivity index (χ0n) is 16.4. The summed E-state index contributed by atoms with van der Waals surface area (Å²) < 4.78 is 23.9. The topological polar surface area (TPSA) is 73.5 Å². The average Bonchev–Trinajstić information content (AvgIpc) is 3.11. The number of para-hydroxylation sites is 1. The molecule has 2 heterocycles. The monoisotopic (exact) mass is 391 g/mol. The van der Waals surface area contributed by atoms with E-state index in [1.165, 1.54) is 0 Å². The number of nitrogens with one attached hydrogen (secondary N) is 1. The number of carbonyl (C=O) groups is 1. The van der Waals surface area contributed by atoms with E-state index in [1.54, 1.807) is 0 Å². The highest BCUT2D eigenvalue weighted by Gasteiger charge is 2.34. The molecule has 2 aromatic rings. The first kappa shape index (κ1) is 19.9. The van der Waals surface area contributed by atoms with Crippen LogP contribution in [0.2, 0.25) is 0 Å². The van der Waals surface area contributed by atoms with Crippen LogP contribution >= 0.6 is 0 Å². The van der Waals surface area contributed by atoms with Gasteiger partial charge in [0.15, 0.2) is 9.84 Å². The Morgan fingerprint density at radius 1 is 1.22 bits per heavy atom.